The zero-order chi connectivity index (χ0) is 10.2. The van der Waals surface area contributed by atoms with Gasteiger partial charge >= 0.3 is 5.97 Å². The predicted molar refractivity (Wildman–Crippen MR) is 54.7 cm³/mol. The van der Waals surface area contributed by atoms with Gasteiger partial charge in [-0.15, -0.1) is 11.3 Å². The summed E-state index contributed by atoms with van der Waals surface area (Å²) in [7, 11) is 1.81. The van der Waals surface area contributed by atoms with Crippen molar-refractivity contribution in [3.8, 4) is 0 Å². The van der Waals surface area contributed by atoms with Crippen molar-refractivity contribution in [2.45, 2.75) is 24.8 Å². The zero-order valence-electron chi connectivity index (χ0n) is 7.93. The molecule has 5 heteroatoms. The predicted octanol–water partition coefficient (Wildman–Crippen LogP) is 1.59. The summed E-state index contributed by atoms with van der Waals surface area (Å²) in [6, 6.07) is 0. The van der Waals surface area contributed by atoms with Gasteiger partial charge in [0, 0.05) is 18.6 Å². The average Bonchev–Trinajstić information content (AvgIpc) is 2.51. The molecule has 0 unspecified atom stereocenters. The van der Waals surface area contributed by atoms with Crippen LogP contribution in [0.5, 0.6) is 0 Å². The number of nitrogens with zero attached hydrogens (tertiary/aromatic N) is 2. The van der Waals surface area contributed by atoms with Crippen molar-refractivity contribution < 1.29 is 9.90 Å². The molecule has 0 saturated heterocycles. The fourth-order valence-corrected chi connectivity index (χ4v) is 2.47. The van der Waals surface area contributed by atoms with Crippen LogP contribution in [0, 0.1) is 0 Å². The molecule has 4 nitrogen and oxygen atoms in total. The zero-order valence-corrected chi connectivity index (χ0v) is 8.75. The third-order valence-electron chi connectivity index (χ3n) is 2.93. The number of carbonyl (C=O) groups is 1. The topological polar surface area (TPSA) is 53.4 Å². The van der Waals surface area contributed by atoms with Gasteiger partial charge in [-0.1, -0.05) is 0 Å². The van der Waals surface area contributed by atoms with Gasteiger partial charge in [-0.25, -0.2) is 9.78 Å². The maximum absolute atomic E-state index is 11.2. The Morgan fingerprint density at radius 1 is 1.71 bits per heavy atom. The number of anilines is 1. The molecular weight excluding hydrogens is 200 g/mol. The lowest BCUT2D eigenvalue weighted by Crippen LogP contribution is -2.58. The van der Waals surface area contributed by atoms with E-state index in [1.54, 1.807) is 11.1 Å². The Labute approximate surface area is 86.2 Å². The summed E-state index contributed by atoms with van der Waals surface area (Å²) in [6.07, 6.45) is 4.13. The van der Waals surface area contributed by atoms with Crippen LogP contribution in [0.15, 0.2) is 11.6 Å². The van der Waals surface area contributed by atoms with E-state index in [4.69, 9.17) is 0 Å². The van der Waals surface area contributed by atoms with Crippen LogP contribution < -0.4 is 4.90 Å². The van der Waals surface area contributed by atoms with E-state index >= 15 is 0 Å². The van der Waals surface area contributed by atoms with Gasteiger partial charge in [0.1, 0.15) is 5.54 Å². The van der Waals surface area contributed by atoms with Gasteiger partial charge in [-0.2, -0.15) is 0 Å². The third-order valence-corrected chi connectivity index (χ3v) is 3.77. The SMILES string of the molecule is CN(c1nccs1)C1(C(=O)O)CCC1. The second-order valence-corrected chi connectivity index (χ2v) is 4.44. The summed E-state index contributed by atoms with van der Waals surface area (Å²) in [5.74, 6) is -0.735. The van der Waals surface area contributed by atoms with E-state index in [9.17, 15) is 9.90 Å². The molecule has 76 valence electrons. The highest BCUT2D eigenvalue weighted by molar-refractivity contribution is 7.13. The number of rotatable bonds is 3. The molecule has 1 N–H and O–H groups in total. The molecule has 0 aliphatic heterocycles. The van der Waals surface area contributed by atoms with Crippen molar-refractivity contribution in [3.05, 3.63) is 11.6 Å². The molecular formula is C9H12N2O2S. The van der Waals surface area contributed by atoms with Gasteiger partial charge < -0.3 is 10.0 Å². The maximum atomic E-state index is 11.2. The number of likely N-dealkylation sites (N-methyl/N-ethyl adjacent to an activating group) is 1. The molecule has 0 radical (unpaired) electrons. The van der Waals surface area contributed by atoms with Crippen LogP contribution in [-0.2, 0) is 4.79 Å². The molecule has 1 saturated carbocycles. The van der Waals surface area contributed by atoms with Crippen molar-refractivity contribution in [2.75, 3.05) is 11.9 Å². The number of carboxylic acids is 1. The first-order valence-electron chi connectivity index (χ1n) is 4.53. The van der Waals surface area contributed by atoms with E-state index in [0.717, 1.165) is 24.4 Å². The van der Waals surface area contributed by atoms with E-state index < -0.39 is 11.5 Å². The van der Waals surface area contributed by atoms with Gasteiger partial charge in [0.15, 0.2) is 5.13 Å². The van der Waals surface area contributed by atoms with Crippen LogP contribution in [0.3, 0.4) is 0 Å². The van der Waals surface area contributed by atoms with Crippen LogP contribution in [0.1, 0.15) is 19.3 Å². The molecule has 1 aromatic heterocycles. The van der Waals surface area contributed by atoms with Crippen molar-refractivity contribution >= 4 is 22.4 Å². The molecule has 1 aromatic rings. The van der Waals surface area contributed by atoms with Crippen molar-refractivity contribution in [1.29, 1.82) is 0 Å². The van der Waals surface area contributed by atoms with Crippen LogP contribution >= 0.6 is 11.3 Å². The van der Waals surface area contributed by atoms with Gasteiger partial charge in [0.2, 0.25) is 0 Å². The molecule has 2 rings (SSSR count). The van der Waals surface area contributed by atoms with Crippen molar-refractivity contribution in [2.24, 2.45) is 0 Å². The highest BCUT2D eigenvalue weighted by atomic mass is 32.1. The third kappa shape index (κ3) is 1.19. The summed E-state index contributed by atoms with van der Waals surface area (Å²) in [5.41, 5.74) is -0.697. The van der Waals surface area contributed by atoms with E-state index in [2.05, 4.69) is 4.98 Å². The quantitative estimate of drug-likeness (QED) is 0.826. The summed E-state index contributed by atoms with van der Waals surface area (Å²) in [5, 5.41) is 11.8. The normalized spacial score (nSPS) is 18.6. The van der Waals surface area contributed by atoms with Gasteiger partial charge in [-0.05, 0) is 19.3 Å². The molecule has 1 heterocycles. The first kappa shape index (κ1) is 9.45. The van der Waals surface area contributed by atoms with Gasteiger partial charge in [0.25, 0.3) is 0 Å². The monoisotopic (exact) mass is 212 g/mol. The highest BCUT2D eigenvalue weighted by Crippen LogP contribution is 2.40. The number of aliphatic carboxylic acids is 1. The van der Waals surface area contributed by atoms with Gasteiger partial charge in [-0.3, -0.25) is 0 Å². The first-order valence-corrected chi connectivity index (χ1v) is 5.41. The number of thiazole rings is 1. The fraction of sp³-hybridized carbons (Fsp3) is 0.556. The number of carboxylic acid groups (broad SMARTS) is 1. The minimum absolute atomic E-state index is 0.697. The molecule has 0 bridgehead atoms. The van der Waals surface area contributed by atoms with E-state index in [1.165, 1.54) is 11.3 Å². The molecule has 0 amide bonds. The number of hydrogen-bond acceptors (Lipinski definition) is 4. The van der Waals surface area contributed by atoms with E-state index in [0.29, 0.717) is 0 Å². The van der Waals surface area contributed by atoms with Crippen LogP contribution in [0.2, 0.25) is 0 Å². The fourth-order valence-electron chi connectivity index (χ4n) is 1.77. The Balaban J connectivity index is 2.25. The summed E-state index contributed by atoms with van der Waals surface area (Å²) < 4.78 is 0. The molecule has 0 aromatic carbocycles. The maximum Gasteiger partial charge on any atom is 0.329 e. The van der Waals surface area contributed by atoms with Crippen LogP contribution in [0.25, 0.3) is 0 Å². The van der Waals surface area contributed by atoms with Crippen molar-refractivity contribution in [3.63, 3.8) is 0 Å². The minimum Gasteiger partial charge on any atom is -0.479 e. The molecule has 1 aliphatic rings. The lowest BCUT2D eigenvalue weighted by molar-refractivity contribution is -0.146. The van der Waals surface area contributed by atoms with Gasteiger partial charge in [0.05, 0.1) is 0 Å². The Kier molecular flexibility index (Phi) is 2.19. The molecule has 14 heavy (non-hydrogen) atoms. The first-order chi connectivity index (χ1) is 6.67. The Hall–Kier alpha value is -1.10. The Morgan fingerprint density at radius 3 is 2.79 bits per heavy atom. The smallest absolute Gasteiger partial charge is 0.329 e. The molecule has 1 aliphatic carbocycles. The highest BCUT2D eigenvalue weighted by Gasteiger charge is 2.48. The lowest BCUT2D eigenvalue weighted by Gasteiger charge is -2.44. The Morgan fingerprint density at radius 2 is 2.43 bits per heavy atom. The molecule has 0 spiro atoms. The minimum atomic E-state index is -0.735. The van der Waals surface area contributed by atoms with E-state index in [1.807, 2.05) is 12.4 Å². The average molecular weight is 212 g/mol. The number of hydrogen-bond donors (Lipinski definition) is 1. The van der Waals surface area contributed by atoms with Crippen LogP contribution in [-0.4, -0.2) is 28.6 Å². The van der Waals surface area contributed by atoms with Crippen LogP contribution in [0.4, 0.5) is 5.13 Å². The Bertz CT molecular complexity index is 333. The molecule has 1 fully saturated rings. The summed E-state index contributed by atoms with van der Waals surface area (Å²) in [4.78, 5) is 17.1. The standard InChI is InChI=1S/C9H12N2O2S/c1-11(8-10-5-6-14-8)9(7(12)13)3-2-4-9/h5-6H,2-4H2,1H3,(H,12,13). The second-order valence-electron chi connectivity index (χ2n) is 3.56. The molecule has 0 atom stereocenters. The van der Waals surface area contributed by atoms with E-state index in [-0.39, 0.29) is 0 Å². The van der Waals surface area contributed by atoms with Crippen molar-refractivity contribution in [1.82, 2.24) is 4.98 Å². The lowest BCUT2D eigenvalue weighted by atomic mass is 9.76. The number of aromatic nitrogens is 1. The largest absolute Gasteiger partial charge is 0.479 e. The summed E-state index contributed by atoms with van der Waals surface area (Å²) >= 11 is 1.48. The summed E-state index contributed by atoms with van der Waals surface area (Å²) in [6.45, 7) is 0. The second kappa shape index (κ2) is 3.24.